The Balaban J connectivity index is 2.67. The zero-order chi connectivity index (χ0) is 11.7. The smallest absolute Gasteiger partial charge is 0.138 e. The van der Waals surface area contributed by atoms with E-state index in [-0.39, 0.29) is 11.7 Å². The minimum Gasteiger partial charge on any atom is -0.506 e. The van der Waals surface area contributed by atoms with E-state index in [0.29, 0.717) is 0 Å². The average Bonchev–Trinajstić information content (AvgIpc) is 2.29. The third-order valence-electron chi connectivity index (χ3n) is 2.89. The largest absolute Gasteiger partial charge is 0.506 e. The number of pyridine rings is 1. The van der Waals surface area contributed by atoms with E-state index in [1.54, 1.807) is 6.07 Å². The summed E-state index contributed by atoms with van der Waals surface area (Å²) >= 11 is 3.46. The Hall–Kier alpha value is -1.09. The quantitative estimate of drug-likeness (QED) is 0.893. The second-order valence-corrected chi connectivity index (χ2v) is 4.86. The molecule has 1 aromatic heterocycles. The number of nitrogens with zero attached hydrogens (tertiary/aromatic N) is 1. The second kappa shape index (κ2) is 4.42. The van der Waals surface area contributed by atoms with E-state index in [4.69, 9.17) is 0 Å². The fourth-order valence-electron chi connectivity index (χ4n) is 1.72. The van der Waals surface area contributed by atoms with Crippen LogP contribution in [0.25, 0.3) is 10.9 Å². The lowest BCUT2D eigenvalue weighted by Gasteiger charge is -2.11. The van der Waals surface area contributed by atoms with Crippen LogP contribution in [0.4, 0.5) is 0 Å². The molecular formula is C13H14BrNO. The second-order valence-electron chi connectivity index (χ2n) is 4.01. The van der Waals surface area contributed by atoms with Crippen molar-refractivity contribution in [2.75, 3.05) is 0 Å². The minimum absolute atomic E-state index is 0.281. The van der Waals surface area contributed by atoms with E-state index >= 15 is 0 Å². The average molecular weight is 280 g/mol. The summed E-state index contributed by atoms with van der Waals surface area (Å²) in [6.07, 6.45) is 0.972. The molecule has 0 aliphatic heterocycles. The van der Waals surface area contributed by atoms with Crippen LogP contribution in [0.1, 0.15) is 31.9 Å². The van der Waals surface area contributed by atoms with E-state index in [9.17, 15) is 5.11 Å². The summed E-state index contributed by atoms with van der Waals surface area (Å²) in [7, 11) is 0. The number of rotatable bonds is 2. The number of aromatic hydroxyl groups is 1. The molecule has 0 saturated heterocycles. The topological polar surface area (TPSA) is 33.1 Å². The molecule has 0 bridgehead atoms. The van der Waals surface area contributed by atoms with Crippen molar-refractivity contribution in [1.29, 1.82) is 0 Å². The molecule has 0 radical (unpaired) electrons. The fraction of sp³-hybridized carbons (Fsp3) is 0.308. The molecule has 2 nitrogen and oxygen atoms in total. The van der Waals surface area contributed by atoms with Crippen molar-refractivity contribution in [2.45, 2.75) is 26.2 Å². The molecular weight excluding hydrogens is 266 g/mol. The lowest BCUT2D eigenvalue weighted by atomic mass is 10.0. The van der Waals surface area contributed by atoms with Gasteiger partial charge in [-0.1, -0.05) is 35.8 Å². The van der Waals surface area contributed by atoms with Crippen molar-refractivity contribution in [3.8, 4) is 5.75 Å². The van der Waals surface area contributed by atoms with Gasteiger partial charge in [-0.25, -0.2) is 4.98 Å². The van der Waals surface area contributed by atoms with Gasteiger partial charge in [0.15, 0.2) is 0 Å². The molecule has 0 aliphatic rings. The van der Waals surface area contributed by atoms with Gasteiger partial charge in [-0.05, 0) is 24.6 Å². The van der Waals surface area contributed by atoms with Crippen LogP contribution in [-0.2, 0) is 0 Å². The zero-order valence-electron chi connectivity index (χ0n) is 9.37. The van der Waals surface area contributed by atoms with Gasteiger partial charge in [0.25, 0.3) is 0 Å². The van der Waals surface area contributed by atoms with Crippen LogP contribution in [0.15, 0.2) is 28.7 Å². The highest BCUT2D eigenvalue weighted by Crippen LogP contribution is 2.32. The Morgan fingerprint density at radius 2 is 2.19 bits per heavy atom. The maximum Gasteiger partial charge on any atom is 0.138 e. The number of benzene rings is 1. The Morgan fingerprint density at radius 1 is 1.44 bits per heavy atom. The fourth-order valence-corrected chi connectivity index (χ4v) is 2.19. The Morgan fingerprint density at radius 3 is 2.88 bits per heavy atom. The number of hydrogen-bond acceptors (Lipinski definition) is 2. The molecule has 0 amide bonds. The van der Waals surface area contributed by atoms with E-state index in [1.807, 2.05) is 18.2 Å². The first kappa shape index (κ1) is 11.4. The molecule has 1 atom stereocenters. The van der Waals surface area contributed by atoms with Crippen LogP contribution in [0.5, 0.6) is 5.75 Å². The summed E-state index contributed by atoms with van der Waals surface area (Å²) in [4.78, 5) is 4.53. The molecule has 0 aliphatic carbocycles. The van der Waals surface area contributed by atoms with Gasteiger partial charge in [-0.2, -0.15) is 0 Å². The van der Waals surface area contributed by atoms with Gasteiger partial charge in [-0.3, -0.25) is 0 Å². The number of fused-ring (bicyclic) bond motifs is 1. The predicted octanol–water partition coefficient (Wildman–Crippen LogP) is 4.22. The molecule has 3 heteroatoms. The molecule has 1 aromatic carbocycles. The summed E-state index contributed by atoms with van der Waals surface area (Å²) in [6.45, 7) is 4.17. The van der Waals surface area contributed by atoms with Crippen LogP contribution in [0.2, 0.25) is 0 Å². The number of hydrogen-bond donors (Lipinski definition) is 1. The first-order valence-electron chi connectivity index (χ1n) is 5.41. The van der Waals surface area contributed by atoms with Crippen LogP contribution in [0, 0.1) is 0 Å². The van der Waals surface area contributed by atoms with Crippen LogP contribution in [-0.4, -0.2) is 10.1 Å². The van der Waals surface area contributed by atoms with Crippen molar-refractivity contribution in [3.05, 3.63) is 34.4 Å². The summed E-state index contributed by atoms with van der Waals surface area (Å²) < 4.78 is 0.962. The Bertz CT molecular complexity index is 525. The van der Waals surface area contributed by atoms with Crippen molar-refractivity contribution >= 4 is 26.8 Å². The van der Waals surface area contributed by atoms with Crippen molar-refractivity contribution in [3.63, 3.8) is 0 Å². The maximum atomic E-state index is 9.95. The molecule has 0 saturated carbocycles. The molecule has 0 spiro atoms. The molecule has 2 aromatic rings. The molecule has 1 heterocycles. The van der Waals surface area contributed by atoms with E-state index in [1.165, 1.54) is 0 Å². The lowest BCUT2D eigenvalue weighted by Crippen LogP contribution is -1.97. The van der Waals surface area contributed by atoms with Gasteiger partial charge in [0.2, 0.25) is 0 Å². The van der Waals surface area contributed by atoms with Gasteiger partial charge in [0, 0.05) is 15.8 Å². The first-order valence-corrected chi connectivity index (χ1v) is 6.21. The first-order chi connectivity index (χ1) is 7.63. The van der Waals surface area contributed by atoms with Crippen LogP contribution >= 0.6 is 15.9 Å². The standard InChI is InChI=1S/C13H14BrNO/c1-3-8(2)13-12(16)7-9-10(14)5-4-6-11(9)15-13/h4-8,16H,3H2,1-2H3. The Labute approximate surface area is 103 Å². The van der Waals surface area contributed by atoms with E-state index in [2.05, 4.69) is 34.8 Å². The highest BCUT2D eigenvalue weighted by atomic mass is 79.9. The molecule has 0 fully saturated rings. The summed E-state index contributed by atoms with van der Waals surface area (Å²) in [6, 6.07) is 7.66. The third kappa shape index (κ3) is 1.92. The highest BCUT2D eigenvalue weighted by molar-refractivity contribution is 9.10. The Kier molecular flexibility index (Phi) is 3.15. The molecule has 1 N–H and O–H groups in total. The molecule has 2 rings (SSSR count). The predicted molar refractivity (Wildman–Crippen MR) is 69.8 cm³/mol. The summed E-state index contributed by atoms with van der Waals surface area (Å²) in [5, 5.41) is 10.9. The van der Waals surface area contributed by atoms with Crippen LogP contribution in [0.3, 0.4) is 0 Å². The normalized spacial score (nSPS) is 12.9. The van der Waals surface area contributed by atoms with Gasteiger partial charge in [0.1, 0.15) is 5.75 Å². The summed E-state index contributed by atoms with van der Waals surface area (Å²) in [5.74, 6) is 0.567. The monoisotopic (exact) mass is 279 g/mol. The van der Waals surface area contributed by atoms with Crippen molar-refractivity contribution < 1.29 is 5.11 Å². The van der Waals surface area contributed by atoms with Crippen molar-refractivity contribution in [2.24, 2.45) is 0 Å². The van der Waals surface area contributed by atoms with E-state index in [0.717, 1.165) is 27.5 Å². The molecule has 84 valence electrons. The molecule has 16 heavy (non-hydrogen) atoms. The lowest BCUT2D eigenvalue weighted by molar-refractivity contribution is 0.458. The zero-order valence-corrected chi connectivity index (χ0v) is 11.0. The third-order valence-corrected chi connectivity index (χ3v) is 3.58. The molecule has 1 unspecified atom stereocenters. The van der Waals surface area contributed by atoms with Crippen molar-refractivity contribution in [1.82, 2.24) is 4.98 Å². The van der Waals surface area contributed by atoms with Gasteiger partial charge in [0.05, 0.1) is 11.2 Å². The van der Waals surface area contributed by atoms with Crippen LogP contribution < -0.4 is 0 Å². The SMILES string of the molecule is CCC(C)c1nc2cccc(Br)c2cc1O. The number of aromatic nitrogens is 1. The van der Waals surface area contributed by atoms with E-state index < -0.39 is 0 Å². The minimum atomic E-state index is 0.281. The highest BCUT2D eigenvalue weighted by Gasteiger charge is 2.12. The van der Waals surface area contributed by atoms with Gasteiger partial charge >= 0.3 is 0 Å². The number of halogens is 1. The van der Waals surface area contributed by atoms with Gasteiger partial charge < -0.3 is 5.11 Å². The summed E-state index contributed by atoms with van der Waals surface area (Å²) in [5.41, 5.74) is 1.70. The van der Waals surface area contributed by atoms with Gasteiger partial charge in [-0.15, -0.1) is 0 Å². The maximum absolute atomic E-state index is 9.95.